The Morgan fingerprint density at radius 2 is 1.90 bits per heavy atom. The van der Waals surface area contributed by atoms with Gasteiger partial charge in [-0.05, 0) is 54.8 Å². The molecule has 0 aromatic heterocycles. The summed E-state index contributed by atoms with van der Waals surface area (Å²) < 4.78 is 16.5. The number of amides is 1. The van der Waals surface area contributed by atoms with Gasteiger partial charge in [-0.2, -0.15) is 5.10 Å². The summed E-state index contributed by atoms with van der Waals surface area (Å²) >= 11 is 0. The number of nitrogens with zero attached hydrogens (tertiary/aromatic N) is 2. The molecule has 0 bridgehead atoms. The first-order valence-corrected chi connectivity index (χ1v) is 10.6. The van der Waals surface area contributed by atoms with E-state index in [-0.39, 0.29) is 12.5 Å². The molecule has 1 heterocycles. The predicted molar refractivity (Wildman–Crippen MR) is 121 cm³/mol. The molecule has 0 spiro atoms. The lowest BCUT2D eigenvalue weighted by Crippen LogP contribution is -2.35. The maximum Gasteiger partial charge on any atom is 0.277 e. The Balaban J connectivity index is 1.57. The summed E-state index contributed by atoms with van der Waals surface area (Å²) in [5.74, 6) is 1.20. The second-order valence-electron chi connectivity index (χ2n) is 7.43. The van der Waals surface area contributed by atoms with Crippen LogP contribution in [0.1, 0.15) is 30.5 Å². The highest BCUT2D eigenvalue weighted by Crippen LogP contribution is 2.22. The minimum Gasteiger partial charge on any atom is -0.496 e. The maximum atomic E-state index is 12.1. The average Bonchev–Trinajstić information content (AvgIpc) is 2.82. The quantitative estimate of drug-likeness (QED) is 0.494. The Morgan fingerprint density at radius 1 is 1.16 bits per heavy atom. The summed E-state index contributed by atoms with van der Waals surface area (Å²) in [6, 6.07) is 13.7. The molecular weight excluding hydrogens is 394 g/mol. The van der Waals surface area contributed by atoms with Crippen molar-refractivity contribution in [3.8, 4) is 11.5 Å². The van der Waals surface area contributed by atoms with Crippen LogP contribution in [-0.2, 0) is 22.5 Å². The van der Waals surface area contributed by atoms with Crippen molar-refractivity contribution in [2.24, 2.45) is 5.10 Å². The SMILES string of the molecule is CCc1ccc(OCC(=O)N/N=C(/C)c2ccc(OC)c(CN3CCOCC3)c2)cc1. The number of hydrazone groups is 1. The van der Waals surface area contributed by atoms with Gasteiger partial charge in [-0.15, -0.1) is 0 Å². The molecule has 1 N–H and O–H groups in total. The van der Waals surface area contributed by atoms with Gasteiger partial charge in [0.25, 0.3) is 5.91 Å². The van der Waals surface area contributed by atoms with Crippen LogP contribution in [0.5, 0.6) is 11.5 Å². The highest BCUT2D eigenvalue weighted by atomic mass is 16.5. The van der Waals surface area contributed by atoms with Crippen LogP contribution in [0.3, 0.4) is 0 Å². The first kappa shape index (κ1) is 22.8. The van der Waals surface area contributed by atoms with Crippen LogP contribution in [0.25, 0.3) is 0 Å². The molecule has 0 aliphatic carbocycles. The highest BCUT2D eigenvalue weighted by Gasteiger charge is 2.14. The van der Waals surface area contributed by atoms with E-state index in [4.69, 9.17) is 14.2 Å². The highest BCUT2D eigenvalue weighted by molar-refractivity contribution is 5.99. The van der Waals surface area contributed by atoms with Gasteiger partial charge in [-0.3, -0.25) is 9.69 Å². The van der Waals surface area contributed by atoms with Gasteiger partial charge in [0.2, 0.25) is 0 Å². The van der Waals surface area contributed by atoms with Crippen molar-refractivity contribution in [2.75, 3.05) is 40.0 Å². The van der Waals surface area contributed by atoms with Gasteiger partial charge >= 0.3 is 0 Å². The molecule has 0 saturated carbocycles. The number of carbonyl (C=O) groups excluding carboxylic acids is 1. The molecule has 1 aliphatic rings. The molecule has 1 saturated heterocycles. The van der Waals surface area contributed by atoms with Gasteiger partial charge < -0.3 is 14.2 Å². The van der Waals surface area contributed by atoms with Crippen molar-refractivity contribution in [1.82, 2.24) is 10.3 Å². The van der Waals surface area contributed by atoms with E-state index in [9.17, 15) is 4.79 Å². The summed E-state index contributed by atoms with van der Waals surface area (Å²) in [5, 5.41) is 4.24. The molecule has 0 radical (unpaired) electrons. The third-order valence-electron chi connectivity index (χ3n) is 5.25. The van der Waals surface area contributed by atoms with E-state index < -0.39 is 0 Å². The van der Waals surface area contributed by atoms with Gasteiger partial charge in [0.1, 0.15) is 11.5 Å². The lowest BCUT2D eigenvalue weighted by atomic mass is 10.1. The zero-order chi connectivity index (χ0) is 22.1. The molecule has 0 unspecified atom stereocenters. The molecule has 0 atom stereocenters. The Kier molecular flexibility index (Phi) is 8.44. The van der Waals surface area contributed by atoms with E-state index in [2.05, 4.69) is 28.4 Å². The van der Waals surface area contributed by atoms with E-state index in [1.54, 1.807) is 7.11 Å². The second kappa shape index (κ2) is 11.5. The van der Waals surface area contributed by atoms with Crippen molar-refractivity contribution in [1.29, 1.82) is 0 Å². The van der Waals surface area contributed by atoms with Gasteiger partial charge in [0.15, 0.2) is 6.61 Å². The normalized spacial score (nSPS) is 14.9. The summed E-state index contributed by atoms with van der Waals surface area (Å²) in [7, 11) is 1.68. The number of benzene rings is 2. The molecule has 7 heteroatoms. The standard InChI is InChI=1S/C24H31N3O4/c1-4-19-5-8-22(9-6-19)31-17-24(28)26-25-18(2)20-7-10-23(29-3)21(15-20)16-27-11-13-30-14-12-27/h5-10,15H,4,11-14,16-17H2,1-3H3,(H,26,28)/b25-18-. The zero-order valence-corrected chi connectivity index (χ0v) is 18.5. The third-order valence-corrected chi connectivity index (χ3v) is 5.25. The van der Waals surface area contributed by atoms with E-state index in [0.717, 1.165) is 56.1 Å². The number of rotatable bonds is 9. The van der Waals surface area contributed by atoms with Crippen LogP contribution < -0.4 is 14.9 Å². The number of hydrogen-bond donors (Lipinski definition) is 1. The van der Waals surface area contributed by atoms with Crippen LogP contribution in [0.15, 0.2) is 47.6 Å². The average molecular weight is 426 g/mol. The molecular formula is C24H31N3O4. The predicted octanol–water partition coefficient (Wildman–Crippen LogP) is 3.01. The summed E-state index contributed by atoms with van der Waals surface area (Å²) in [5.41, 5.74) is 6.53. The van der Waals surface area contributed by atoms with Gasteiger partial charge in [0.05, 0.1) is 26.0 Å². The van der Waals surface area contributed by atoms with Crippen LogP contribution in [0.2, 0.25) is 0 Å². The summed E-state index contributed by atoms with van der Waals surface area (Å²) in [4.78, 5) is 14.5. The molecule has 1 aliphatic heterocycles. The number of hydrogen-bond acceptors (Lipinski definition) is 6. The summed E-state index contributed by atoms with van der Waals surface area (Å²) in [6.07, 6.45) is 0.967. The van der Waals surface area contributed by atoms with Crippen LogP contribution >= 0.6 is 0 Å². The van der Waals surface area contributed by atoms with E-state index in [1.807, 2.05) is 43.3 Å². The van der Waals surface area contributed by atoms with Gasteiger partial charge in [-0.25, -0.2) is 5.43 Å². The number of morpholine rings is 1. The molecule has 3 rings (SSSR count). The lowest BCUT2D eigenvalue weighted by Gasteiger charge is -2.27. The minimum absolute atomic E-state index is 0.0901. The second-order valence-corrected chi connectivity index (χ2v) is 7.43. The Bertz CT molecular complexity index is 890. The fourth-order valence-electron chi connectivity index (χ4n) is 3.34. The van der Waals surface area contributed by atoms with Crippen molar-refractivity contribution < 1.29 is 19.0 Å². The van der Waals surface area contributed by atoms with Crippen LogP contribution in [0.4, 0.5) is 0 Å². The molecule has 2 aromatic rings. The topological polar surface area (TPSA) is 72.4 Å². The Hall–Kier alpha value is -2.90. The monoisotopic (exact) mass is 425 g/mol. The molecule has 2 aromatic carbocycles. The Labute approximate surface area is 184 Å². The number of ether oxygens (including phenoxy) is 3. The maximum absolute atomic E-state index is 12.1. The van der Waals surface area contributed by atoms with Gasteiger partial charge in [-0.1, -0.05) is 19.1 Å². The molecule has 7 nitrogen and oxygen atoms in total. The largest absolute Gasteiger partial charge is 0.496 e. The first-order chi connectivity index (χ1) is 15.1. The van der Waals surface area contributed by atoms with Crippen molar-refractivity contribution in [2.45, 2.75) is 26.8 Å². The molecule has 31 heavy (non-hydrogen) atoms. The molecule has 1 fully saturated rings. The van der Waals surface area contributed by atoms with Crippen molar-refractivity contribution in [3.63, 3.8) is 0 Å². The van der Waals surface area contributed by atoms with E-state index in [1.165, 1.54) is 5.56 Å². The van der Waals surface area contributed by atoms with Crippen molar-refractivity contribution in [3.05, 3.63) is 59.2 Å². The number of nitrogens with one attached hydrogen (secondary N) is 1. The molecule has 1 amide bonds. The first-order valence-electron chi connectivity index (χ1n) is 10.6. The Morgan fingerprint density at radius 3 is 2.58 bits per heavy atom. The fourth-order valence-corrected chi connectivity index (χ4v) is 3.34. The fraction of sp³-hybridized carbons (Fsp3) is 0.417. The zero-order valence-electron chi connectivity index (χ0n) is 18.5. The van der Waals surface area contributed by atoms with Gasteiger partial charge in [0, 0.05) is 25.2 Å². The van der Waals surface area contributed by atoms with E-state index >= 15 is 0 Å². The smallest absolute Gasteiger partial charge is 0.277 e. The number of carbonyl (C=O) groups is 1. The third kappa shape index (κ3) is 6.80. The minimum atomic E-state index is -0.305. The number of methoxy groups -OCH3 is 1. The summed E-state index contributed by atoms with van der Waals surface area (Å²) in [6.45, 7) is 7.95. The molecule has 166 valence electrons. The van der Waals surface area contributed by atoms with Crippen LogP contribution in [0, 0.1) is 0 Å². The van der Waals surface area contributed by atoms with Crippen molar-refractivity contribution >= 4 is 11.6 Å². The lowest BCUT2D eigenvalue weighted by molar-refractivity contribution is -0.123. The van der Waals surface area contributed by atoms with Crippen LogP contribution in [-0.4, -0.2) is 56.5 Å². The number of aryl methyl sites for hydroxylation is 1. The van der Waals surface area contributed by atoms with E-state index in [0.29, 0.717) is 11.5 Å².